The van der Waals surface area contributed by atoms with Gasteiger partial charge in [0, 0.05) is 22.1 Å². The Balaban J connectivity index is 2.17. The van der Waals surface area contributed by atoms with E-state index in [1.54, 1.807) is 6.07 Å². The average molecular weight is 334 g/mol. The Bertz CT molecular complexity index is 597. The maximum Gasteiger partial charge on any atom is 0.120 e. The van der Waals surface area contributed by atoms with Crippen molar-refractivity contribution < 1.29 is 5.11 Å². The normalized spacial score (nSPS) is 14.0. The highest BCUT2D eigenvalue weighted by atomic mass is 79.9. The zero-order valence-electron chi connectivity index (χ0n) is 12.0. The molecule has 0 heterocycles. The minimum Gasteiger partial charge on any atom is -0.508 e. The zero-order valence-corrected chi connectivity index (χ0v) is 13.6. The number of aryl methyl sites for hydroxylation is 1. The van der Waals surface area contributed by atoms with Gasteiger partial charge in [0.05, 0.1) is 0 Å². The SMILES string of the molecule is Cc1ccc(O)c(C(C)N[C@@H](C)c2ccccc2Br)c1. The van der Waals surface area contributed by atoms with Crippen LogP contribution in [-0.4, -0.2) is 5.11 Å². The number of hydrogen-bond donors (Lipinski definition) is 2. The molecule has 2 N–H and O–H groups in total. The Morgan fingerprint density at radius 2 is 1.65 bits per heavy atom. The van der Waals surface area contributed by atoms with Crippen LogP contribution < -0.4 is 5.32 Å². The first-order valence-corrected chi connectivity index (χ1v) is 7.58. The maximum atomic E-state index is 9.99. The van der Waals surface area contributed by atoms with E-state index in [4.69, 9.17) is 0 Å². The molecule has 0 saturated carbocycles. The first kappa shape index (κ1) is 15.1. The second-order valence-corrected chi connectivity index (χ2v) is 6.05. The first-order valence-electron chi connectivity index (χ1n) is 6.79. The number of aromatic hydroxyl groups is 1. The fraction of sp³-hybridized carbons (Fsp3) is 0.294. The summed E-state index contributed by atoms with van der Waals surface area (Å²) in [5.41, 5.74) is 3.30. The largest absolute Gasteiger partial charge is 0.508 e. The highest BCUT2D eigenvalue weighted by Gasteiger charge is 2.15. The minimum atomic E-state index is 0.0806. The van der Waals surface area contributed by atoms with Gasteiger partial charge in [0.2, 0.25) is 0 Å². The monoisotopic (exact) mass is 333 g/mol. The number of rotatable bonds is 4. The lowest BCUT2D eigenvalue weighted by Gasteiger charge is -2.22. The Kier molecular flexibility index (Phi) is 4.84. The molecule has 1 unspecified atom stereocenters. The Morgan fingerprint density at radius 3 is 2.35 bits per heavy atom. The van der Waals surface area contributed by atoms with Crippen LogP contribution in [0.5, 0.6) is 5.75 Å². The summed E-state index contributed by atoms with van der Waals surface area (Å²) in [6.45, 7) is 6.23. The molecule has 0 bridgehead atoms. The molecule has 2 rings (SSSR count). The van der Waals surface area contributed by atoms with Crippen LogP contribution in [0.2, 0.25) is 0 Å². The van der Waals surface area contributed by atoms with Gasteiger partial charge in [0.15, 0.2) is 0 Å². The number of phenols is 1. The quantitative estimate of drug-likeness (QED) is 0.836. The van der Waals surface area contributed by atoms with Crippen LogP contribution in [0.1, 0.15) is 42.6 Å². The smallest absolute Gasteiger partial charge is 0.120 e. The van der Waals surface area contributed by atoms with Gasteiger partial charge in [0.1, 0.15) is 5.75 Å². The van der Waals surface area contributed by atoms with Crippen LogP contribution in [0, 0.1) is 6.92 Å². The lowest BCUT2D eigenvalue weighted by molar-refractivity contribution is 0.438. The third-order valence-electron chi connectivity index (χ3n) is 3.52. The molecule has 20 heavy (non-hydrogen) atoms. The van der Waals surface area contributed by atoms with Gasteiger partial charge in [-0.15, -0.1) is 0 Å². The molecule has 0 fully saturated rings. The Hall–Kier alpha value is -1.32. The van der Waals surface area contributed by atoms with Gasteiger partial charge in [-0.3, -0.25) is 0 Å². The van der Waals surface area contributed by atoms with Crippen LogP contribution >= 0.6 is 15.9 Å². The molecular formula is C17H20BrNO. The third kappa shape index (κ3) is 3.41. The average Bonchev–Trinajstić information content (AvgIpc) is 2.41. The second kappa shape index (κ2) is 6.42. The molecular weight excluding hydrogens is 314 g/mol. The van der Waals surface area contributed by atoms with Crippen molar-refractivity contribution in [3.05, 3.63) is 63.6 Å². The summed E-state index contributed by atoms with van der Waals surface area (Å²) in [5, 5.41) is 13.5. The summed E-state index contributed by atoms with van der Waals surface area (Å²) in [7, 11) is 0. The number of benzene rings is 2. The standard InChI is InChI=1S/C17H20BrNO/c1-11-8-9-17(20)15(10-11)13(3)19-12(2)14-6-4-5-7-16(14)18/h4-10,12-13,19-20H,1-3H3/t12-,13?/m0/s1. The molecule has 0 aromatic heterocycles. The summed E-state index contributed by atoms with van der Waals surface area (Å²) in [6.07, 6.45) is 0. The molecule has 2 atom stereocenters. The predicted octanol–water partition coefficient (Wildman–Crippen LogP) is 4.87. The fourth-order valence-corrected chi connectivity index (χ4v) is 3.03. The molecule has 0 aliphatic carbocycles. The van der Waals surface area contributed by atoms with E-state index in [9.17, 15) is 5.11 Å². The van der Waals surface area contributed by atoms with Crippen LogP contribution in [0.15, 0.2) is 46.9 Å². The lowest BCUT2D eigenvalue weighted by Crippen LogP contribution is -2.22. The molecule has 0 amide bonds. The van der Waals surface area contributed by atoms with Crippen molar-refractivity contribution in [1.82, 2.24) is 5.32 Å². The summed E-state index contributed by atoms with van der Waals surface area (Å²) < 4.78 is 1.10. The van der Waals surface area contributed by atoms with Crippen LogP contribution in [0.4, 0.5) is 0 Å². The molecule has 2 aromatic rings. The van der Waals surface area contributed by atoms with E-state index in [-0.39, 0.29) is 12.1 Å². The van der Waals surface area contributed by atoms with Crippen molar-refractivity contribution >= 4 is 15.9 Å². The topological polar surface area (TPSA) is 32.3 Å². The van der Waals surface area contributed by atoms with Gasteiger partial charge in [-0.25, -0.2) is 0 Å². The van der Waals surface area contributed by atoms with Crippen molar-refractivity contribution in [2.24, 2.45) is 0 Å². The zero-order chi connectivity index (χ0) is 14.7. The molecule has 0 aliphatic rings. The van der Waals surface area contributed by atoms with E-state index in [0.29, 0.717) is 5.75 Å². The van der Waals surface area contributed by atoms with Crippen molar-refractivity contribution in [2.45, 2.75) is 32.9 Å². The molecule has 0 radical (unpaired) electrons. The Labute approximate surface area is 129 Å². The molecule has 2 nitrogen and oxygen atoms in total. The van der Waals surface area contributed by atoms with Gasteiger partial charge < -0.3 is 10.4 Å². The molecule has 3 heteroatoms. The van der Waals surface area contributed by atoms with Crippen molar-refractivity contribution in [2.75, 3.05) is 0 Å². The van der Waals surface area contributed by atoms with Crippen molar-refractivity contribution in [1.29, 1.82) is 0 Å². The fourth-order valence-electron chi connectivity index (χ4n) is 2.40. The Morgan fingerprint density at radius 1 is 1.00 bits per heavy atom. The van der Waals surface area contributed by atoms with E-state index in [2.05, 4.69) is 41.2 Å². The number of hydrogen-bond acceptors (Lipinski definition) is 2. The van der Waals surface area contributed by atoms with E-state index in [1.165, 1.54) is 5.56 Å². The maximum absolute atomic E-state index is 9.99. The van der Waals surface area contributed by atoms with Gasteiger partial charge in [0.25, 0.3) is 0 Å². The lowest BCUT2D eigenvalue weighted by atomic mass is 10.0. The van der Waals surface area contributed by atoms with Gasteiger partial charge in [-0.1, -0.05) is 51.8 Å². The summed E-state index contributed by atoms with van der Waals surface area (Å²) in [5.74, 6) is 0.343. The van der Waals surface area contributed by atoms with Crippen LogP contribution in [0.25, 0.3) is 0 Å². The van der Waals surface area contributed by atoms with E-state index < -0.39 is 0 Å². The van der Waals surface area contributed by atoms with Crippen molar-refractivity contribution in [3.8, 4) is 5.75 Å². The van der Waals surface area contributed by atoms with E-state index in [0.717, 1.165) is 15.6 Å². The number of nitrogens with one attached hydrogen (secondary N) is 1. The first-order chi connectivity index (χ1) is 9.49. The summed E-state index contributed by atoms with van der Waals surface area (Å²) in [6, 6.07) is 14.2. The van der Waals surface area contributed by atoms with Gasteiger partial charge >= 0.3 is 0 Å². The molecule has 0 saturated heterocycles. The highest BCUT2D eigenvalue weighted by Crippen LogP contribution is 2.29. The molecule has 0 spiro atoms. The number of halogens is 1. The molecule has 0 aliphatic heterocycles. The van der Waals surface area contributed by atoms with Crippen LogP contribution in [-0.2, 0) is 0 Å². The molecule has 106 valence electrons. The third-order valence-corrected chi connectivity index (χ3v) is 4.24. The predicted molar refractivity (Wildman–Crippen MR) is 87.0 cm³/mol. The van der Waals surface area contributed by atoms with Crippen LogP contribution in [0.3, 0.4) is 0 Å². The molecule has 2 aromatic carbocycles. The van der Waals surface area contributed by atoms with Gasteiger partial charge in [-0.05, 0) is 38.5 Å². The second-order valence-electron chi connectivity index (χ2n) is 5.19. The summed E-state index contributed by atoms with van der Waals surface area (Å²) >= 11 is 3.58. The van der Waals surface area contributed by atoms with Gasteiger partial charge in [-0.2, -0.15) is 0 Å². The minimum absolute atomic E-state index is 0.0806. The van der Waals surface area contributed by atoms with E-state index >= 15 is 0 Å². The van der Waals surface area contributed by atoms with Crippen molar-refractivity contribution in [3.63, 3.8) is 0 Å². The summed E-state index contributed by atoms with van der Waals surface area (Å²) in [4.78, 5) is 0. The number of phenolic OH excluding ortho intramolecular Hbond substituents is 1. The van der Waals surface area contributed by atoms with E-state index in [1.807, 2.05) is 37.3 Å². The highest BCUT2D eigenvalue weighted by molar-refractivity contribution is 9.10.